The lowest BCUT2D eigenvalue weighted by atomic mass is 10.0. The number of carboxylic acids is 1. The number of hydrogen-bond donors (Lipinski definition) is 9. The zero-order chi connectivity index (χ0) is 32.7. The average Bonchev–Trinajstić information content (AvgIpc) is 2.95. The number of carboxylic acid groups (broad SMARTS) is 1. The normalized spacial score (nSPS) is 14.3. The first kappa shape index (κ1) is 36.5. The molecule has 16 nitrogen and oxygen atoms in total. The molecule has 0 fully saturated rings. The van der Waals surface area contributed by atoms with Crippen molar-refractivity contribution in [2.75, 3.05) is 13.2 Å². The first-order valence-corrected chi connectivity index (χ1v) is 13.6. The maximum atomic E-state index is 12.9. The van der Waals surface area contributed by atoms with Crippen molar-refractivity contribution in [3.05, 3.63) is 35.9 Å². The first-order valence-electron chi connectivity index (χ1n) is 13.6. The fourth-order valence-corrected chi connectivity index (χ4v) is 3.59. The number of benzene rings is 1. The summed E-state index contributed by atoms with van der Waals surface area (Å²) in [6, 6.07) is 2.53. The van der Waals surface area contributed by atoms with E-state index in [-0.39, 0.29) is 12.3 Å². The summed E-state index contributed by atoms with van der Waals surface area (Å²) < 4.78 is 0. The van der Waals surface area contributed by atoms with Crippen LogP contribution in [0.25, 0.3) is 0 Å². The van der Waals surface area contributed by atoms with Crippen LogP contribution in [0.2, 0.25) is 0 Å². The van der Waals surface area contributed by atoms with Gasteiger partial charge in [0.15, 0.2) is 0 Å². The quantitative estimate of drug-likeness (QED) is 0.0799. The van der Waals surface area contributed by atoms with Gasteiger partial charge < -0.3 is 48.3 Å². The predicted octanol–water partition coefficient (Wildman–Crippen LogP) is -3.37. The molecule has 43 heavy (non-hydrogen) atoms. The molecule has 238 valence electrons. The molecule has 6 amide bonds. The van der Waals surface area contributed by atoms with Gasteiger partial charge in [0.25, 0.3) is 0 Å². The van der Waals surface area contributed by atoms with Gasteiger partial charge in [0.1, 0.15) is 24.2 Å². The fraction of sp³-hybridized carbons (Fsp3) is 0.519. The van der Waals surface area contributed by atoms with E-state index in [9.17, 15) is 38.7 Å². The van der Waals surface area contributed by atoms with Gasteiger partial charge in [-0.2, -0.15) is 0 Å². The number of nitrogens with one attached hydrogen (secondary N) is 5. The van der Waals surface area contributed by atoms with Crippen LogP contribution in [-0.2, 0) is 40.0 Å². The lowest BCUT2D eigenvalue weighted by Crippen LogP contribution is -2.58. The number of aliphatic hydroxyl groups is 1. The zero-order valence-electron chi connectivity index (χ0n) is 24.3. The van der Waals surface area contributed by atoms with Gasteiger partial charge in [-0.1, -0.05) is 44.2 Å². The van der Waals surface area contributed by atoms with E-state index in [2.05, 4.69) is 26.6 Å². The smallest absolute Gasteiger partial charge is 0.303 e. The molecule has 0 heterocycles. The van der Waals surface area contributed by atoms with Gasteiger partial charge in [-0.25, -0.2) is 0 Å². The molecule has 16 heteroatoms. The van der Waals surface area contributed by atoms with Gasteiger partial charge in [0.05, 0.1) is 19.2 Å². The second-order valence-electron chi connectivity index (χ2n) is 10.2. The van der Waals surface area contributed by atoms with E-state index in [0.29, 0.717) is 0 Å². The van der Waals surface area contributed by atoms with Crippen LogP contribution in [0.4, 0.5) is 0 Å². The molecule has 0 aliphatic rings. The number of aliphatic hydroxyl groups excluding tert-OH is 1. The third-order valence-corrected chi connectivity index (χ3v) is 6.25. The Kier molecular flexibility index (Phi) is 15.3. The maximum absolute atomic E-state index is 12.9. The SMILES string of the molecule is CC(C)[C@H](N)C(=O)NCC(=O)N[C@H](CO)C(=O)N[C@H](CCC(=O)O)C(=O)N[C@H](C)C(=O)N[C@@H](Cc1ccccc1)C(N)=O. The summed E-state index contributed by atoms with van der Waals surface area (Å²) in [5, 5.41) is 30.3. The molecule has 0 aliphatic heterocycles. The van der Waals surface area contributed by atoms with E-state index in [0.717, 1.165) is 5.56 Å². The van der Waals surface area contributed by atoms with E-state index >= 15 is 0 Å². The van der Waals surface area contributed by atoms with Gasteiger partial charge >= 0.3 is 5.97 Å². The van der Waals surface area contributed by atoms with Crippen LogP contribution in [0.1, 0.15) is 39.2 Å². The number of rotatable bonds is 18. The highest BCUT2D eigenvalue weighted by molar-refractivity contribution is 5.96. The summed E-state index contributed by atoms with van der Waals surface area (Å²) in [7, 11) is 0. The van der Waals surface area contributed by atoms with Gasteiger partial charge in [0.2, 0.25) is 35.4 Å². The van der Waals surface area contributed by atoms with Crippen molar-refractivity contribution in [3.63, 3.8) is 0 Å². The fourth-order valence-electron chi connectivity index (χ4n) is 3.59. The molecule has 11 N–H and O–H groups in total. The van der Waals surface area contributed by atoms with Gasteiger partial charge in [-0.05, 0) is 24.8 Å². The number of amides is 6. The van der Waals surface area contributed by atoms with Crippen molar-refractivity contribution < 1.29 is 43.8 Å². The summed E-state index contributed by atoms with van der Waals surface area (Å²) in [6.45, 7) is 3.29. The lowest BCUT2D eigenvalue weighted by Gasteiger charge is -2.24. The standard InChI is InChI=1S/C27H41N7O9/c1-14(2)22(28)27(43)30-12-20(36)32-19(13-35)26(42)33-17(9-10-21(37)38)25(41)31-15(3)24(40)34-18(23(29)39)11-16-7-5-4-6-8-16/h4-8,14-15,17-19,22,35H,9-13,28H2,1-3H3,(H2,29,39)(H,30,43)(H,31,41)(H,32,36)(H,33,42)(H,34,40)(H,37,38)/t15-,17-,18+,19-,22+/m1/s1. The number of aliphatic carboxylic acids is 1. The third kappa shape index (κ3) is 13.3. The van der Waals surface area contributed by atoms with Crippen molar-refractivity contribution in [1.29, 1.82) is 0 Å². The molecule has 0 radical (unpaired) electrons. The monoisotopic (exact) mass is 607 g/mol. The molecule has 0 saturated carbocycles. The highest BCUT2D eigenvalue weighted by Gasteiger charge is 2.30. The van der Waals surface area contributed by atoms with Crippen LogP contribution in [0.3, 0.4) is 0 Å². The third-order valence-electron chi connectivity index (χ3n) is 6.25. The summed E-state index contributed by atoms with van der Waals surface area (Å²) in [6.07, 6.45) is -0.838. The molecule has 0 spiro atoms. The Hall–Kier alpha value is -4.57. The highest BCUT2D eigenvalue weighted by atomic mass is 16.4. The lowest BCUT2D eigenvalue weighted by molar-refractivity contribution is -0.138. The summed E-state index contributed by atoms with van der Waals surface area (Å²) in [4.78, 5) is 85.7. The van der Waals surface area contributed by atoms with Crippen LogP contribution in [0.5, 0.6) is 0 Å². The Bertz CT molecular complexity index is 1150. The average molecular weight is 608 g/mol. The summed E-state index contributed by atoms with van der Waals surface area (Å²) >= 11 is 0. The largest absolute Gasteiger partial charge is 0.481 e. The van der Waals surface area contributed by atoms with E-state index in [1.54, 1.807) is 44.2 Å². The number of carbonyl (C=O) groups excluding carboxylic acids is 6. The van der Waals surface area contributed by atoms with E-state index in [1.807, 2.05) is 0 Å². The minimum Gasteiger partial charge on any atom is -0.481 e. The van der Waals surface area contributed by atoms with E-state index < -0.39 is 97.6 Å². The maximum Gasteiger partial charge on any atom is 0.303 e. The van der Waals surface area contributed by atoms with Crippen molar-refractivity contribution in [2.45, 2.75) is 70.2 Å². The van der Waals surface area contributed by atoms with Gasteiger partial charge in [0, 0.05) is 12.8 Å². The van der Waals surface area contributed by atoms with Crippen LogP contribution in [0.15, 0.2) is 30.3 Å². The van der Waals surface area contributed by atoms with Crippen LogP contribution in [0, 0.1) is 5.92 Å². The Labute approximate surface area is 248 Å². The molecule has 0 saturated heterocycles. The second-order valence-corrected chi connectivity index (χ2v) is 10.2. The molecule has 0 aliphatic carbocycles. The molecule has 5 atom stereocenters. The van der Waals surface area contributed by atoms with Gasteiger partial charge in [-0.3, -0.25) is 33.6 Å². The zero-order valence-corrected chi connectivity index (χ0v) is 24.3. The predicted molar refractivity (Wildman–Crippen MR) is 153 cm³/mol. The highest BCUT2D eigenvalue weighted by Crippen LogP contribution is 2.05. The molecule has 1 rings (SSSR count). The second kappa shape index (κ2) is 18.1. The molecular formula is C27H41N7O9. The van der Waals surface area contributed by atoms with Gasteiger partial charge in [-0.15, -0.1) is 0 Å². The number of carbonyl (C=O) groups is 7. The molecule has 0 bridgehead atoms. The molecule has 1 aromatic rings. The Morgan fingerprint density at radius 3 is 1.91 bits per heavy atom. The molecular weight excluding hydrogens is 566 g/mol. The van der Waals surface area contributed by atoms with Crippen LogP contribution < -0.4 is 38.1 Å². The summed E-state index contributed by atoms with van der Waals surface area (Å²) in [5.41, 5.74) is 11.9. The Balaban J connectivity index is 2.84. The van der Waals surface area contributed by atoms with Crippen molar-refractivity contribution in [1.82, 2.24) is 26.6 Å². The van der Waals surface area contributed by atoms with Crippen LogP contribution in [-0.4, -0.2) is 95.0 Å². The number of nitrogens with two attached hydrogens (primary N) is 2. The van der Waals surface area contributed by atoms with E-state index in [4.69, 9.17) is 16.6 Å². The molecule has 0 aromatic heterocycles. The van der Waals surface area contributed by atoms with Crippen molar-refractivity contribution >= 4 is 41.4 Å². The summed E-state index contributed by atoms with van der Waals surface area (Å²) in [5.74, 6) is -6.44. The van der Waals surface area contributed by atoms with Crippen molar-refractivity contribution in [3.8, 4) is 0 Å². The Morgan fingerprint density at radius 1 is 0.791 bits per heavy atom. The van der Waals surface area contributed by atoms with E-state index in [1.165, 1.54) is 6.92 Å². The number of hydrogen-bond acceptors (Lipinski definition) is 9. The minimum atomic E-state index is -1.56. The molecule has 1 aromatic carbocycles. The Morgan fingerprint density at radius 2 is 1.37 bits per heavy atom. The topological polar surface area (TPSA) is 272 Å². The number of primary amides is 1. The van der Waals surface area contributed by atoms with Crippen molar-refractivity contribution in [2.24, 2.45) is 17.4 Å². The molecule has 0 unspecified atom stereocenters. The van der Waals surface area contributed by atoms with Crippen LogP contribution >= 0.6 is 0 Å². The minimum absolute atomic E-state index is 0.0996. The first-order chi connectivity index (χ1) is 20.2.